The molecule has 0 unspecified atom stereocenters. The number of unbranched alkanes of at least 4 members (excludes halogenated alkanes) is 1. The number of halogens is 2. The normalized spacial score (nSPS) is 11.2. The lowest BCUT2D eigenvalue weighted by Gasteiger charge is -1.98. The highest BCUT2D eigenvalue weighted by molar-refractivity contribution is 9.10. The molecule has 92 valence electrons. The molecule has 2 rings (SSSR count). The minimum absolute atomic E-state index is 0.726. The van der Waals surface area contributed by atoms with E-state index >= 15 is 0 Å². The standard InChI is InChI=1S/C12H14BrClN2O/c1-17-7-3-2-4-9-8-11-10(14)5-6-12(13)16(11)15-9/h5-6,8H,2-4,7H2,1H3. The predicted molar refractivity (Wildman–Crippen MR) is 72.7 cm³/mol. The van der Waals surface area contributed by atoms with Crippen LogP contribution in [0.5, 0.6) is 0 Å². The summed E-state index contributed by atoms with van der Waals surface area (Å²) in [4.78, 5) is 0. The first-order valence-electron chi connectivity index (χ1n) is 5.54. The Balaban J connectivity index is 2.14. The van der Waals surface area contributed by atoms with E-state index in [0.29, 0.717) is 0 Å². The van der Waals surface area contributed by atoms with Gasteiger partial charge in [0.05, 0.1) is 16.2 Å². The highest BCUT2D eigenvalue weighted by Crippen LogP contribution is 2.23. The fourth-order valence-electron chi connectivity index (χ4n) is 1.74. The molecule has 0 spiro atoms. The maximum absolute atomic E-state index is 6.12. The Morgan fingerprint density at radius 2 is 2.24 bits per heavy atom. The summed E-state index contributed by atoms with van der Waals surface area (Å²) < 4.78 is 7.77. The first kappa shape index (κ1) is 12.9. The van der Waals surface area contributed by atoms with Crippen LogP contribution in [0.1, 0.15) is 18.5 Å². The fourth-order valence-corrected chi connectivity index (χ4v) is 2.34. The first-order chi connectivity index (χ1) is 8.22. The zero-order chi connectivity index (χ0) is 12.3. The topological polar surface area (TPSA) is 26.5 Å². The second-order valence-electron chi connectivity index (χ2n) is 3.89. The monoisotopic (exact) mass is 316 g/mol. The summed E-state index contributed by atoms with van der Waals surface area (Å²) in [6.45, 7) is 0.803. The van der Waals surface area contributed by atoms with Crippen LogP contribution in [-0.4, -0.2) is 23.3 Å². The molecule has 0 aliphatic carbocycles. The minimum Gasteiger partial charge on any atom is -0.385 e. The van der Waals surface area contributed by atoms with Crippen molar-refractivity contribution in [1.82, 2.24) is 9.61 Å². The highest BCUT2D eigenvalue weighted by Gasteiger charge is 2.07. The van der Waals surface area contributed by atoms with Gasteiger partial charge in [-0.1, -0.05) is 11.6 Å². The maximum atomic E-state index is 6.12. The number of aryl methyl sites for hydroxylation is 1. The summed E-state index contributed by atoms with van der Waals surface area (Å²) >= 11 is 9.58. The van der Waals surface area contributed by atoms with Crippen molar-refractivity contribution in [3.63, 3.8) is 0 Å². The quantitative estimate of drug-likeness (QED) is 0.620. The van der Waals surface area contributed by atoms with Crippen molar-refractivity contribution in [3.05, 3.63) is 33.5 Å². The van der Waals surface area contributed by atoms with Crippen LogP contribution in [-0.2, 0) is 11.2 Å². The third kappa shape index (κ3) is 3.00. The van der Waals surface area contributed by atoms with Crippen molar-refractivity contribution in [2.45, 2.75) is 19.3 Å². The van der Waals surface area contributed by atoms with Crippen LogP contribution in [0.2, 0.25) is 5.02 Å². The van der Waals surface area contributed by atoms with E-state index in [1.54, 1.807) is 7.11 Å². The van der Waals surface area contributed by atoms with Crippen LogP contribution >= 0.6 is 27.5 Å². The molecule has 0 saturated carbocycles. The van der Waals surface area contributed by atoms with Gasteiger partial charge in [0.1, 0.15) is 4.60 Å². The fraction of sp³-hybridized carbons (Fsp3) is 0.417. The Labute approximate surface area is 114 Å². The molecule has 0 aromatic carbocycles. The molecule has 0 saturated heterocycles. The number of nitrogens with zero attached hydrogens (tertiary/aromatic N) is 2. The van der Waals surface area contributed by atoms with Gasteiger partial charge in [-0.25, -0.2) is 4.52 Å². The van der Waals surface area contributed by atoms with Gasteiger partial charge in [-0.05, 0) is 53.4 Å². The van der Waals surface area contributed by atoms with E-state index < -0.39 is 0 Å². The summed E-state index contributed by atoms with van der Waals surface area (Å²) in [5.41, 5.74) is 2.01. The molecule has 0 radical (unpaired) electrons. The second-order valence-corrected chi connectivity index (χ2v) is 5.11. The molecule has 0 amide bonds. The summed E-state index contributed by atoms with van der Waals surface area (Å²) in [5, 5.41) is 5.24. The van der Waals surface area contributed by atoms with Gasteiger partial charge in [0.2, 0.25) is 0 Å². The smallest absolute Gasteiger partial charge is 0.108 e. The molecule has 17 heavy (non-hydrogen) atoms. The average molecular weight is 318 g/mol. The molecule has 0 aliphatic heterocycles. The van der Waals surface area contributed by atoms with Gasteiger partial charge in [-0.2, -0.15) is 5.10 Å². The average Bonchev–Trinajstić information content (AvgIpc) is 2.75. The maximum Gasteiger partial charge on any atom is 0.108 e. The minimum atomic E-state index is 0.726. The van der Waals surface area contributed by atoms with Crippen molar-refractivity contribution >= 4 is 33.0 Å². The molecule has 3 nitrogen and oxygen atoms in total. The van der Waals surface area contributed by atoms with E-state index in [9.17, 15) is 0 Å². The Kier molecular flexibility index (Phi) is 4.42. The van der Waals surface area contributed by atoms with Crippen LogP contribution in [0.3, 0.4) is 0 Å². The van der Waals surface area contributed by atoms with Crippen molar-refractivity contribution < 1.29 is 4.74 Å². The second kappa shape index (κ2) is 5.85. The van der Waals surface area contributed by atoms with Crippen LogP contribution in [0.15, 0.2) is 22.8 Å². The number of fused-ring (bicyclic) bond motifs is 1. The molecule has 2 aromatic heterocycles. The number of rotatable bonds is 5. The first-order valence-corrected chi connectivity index (χ1v) is 6.71. The van der Waals surface area contributed by atoms with Crippen molar-refractivity contribution in [3.8, 4) is 0 Å². The molecule has 0 fully saturated rings. The number of hydrogen-bond acceptors (Lipinski definition) is 2. The molecule has 0 aliphatic rings. The van der Waals surface area contributed by atoms with Gasteiger partial charge in [0.15, 0.2) is 0 Å². The Morgan fingerprint density at radius 3 is 2.94 bits per heavy atom. The van der Waals surface area contributed by atoms with Crippen LogP contribution < -0.4 is 0 Å². The zero-order valence-electron chi connectivity index (χ0n) is 9.62. The molecule has 0 N–H and O–H groups in total. The largest absolute Gasteiger partial charge is 0.385 e. The van der Waals surface area contributed by atoms with E-state index in [4.69, 9.17) is 16.3 Å². The lowest BCUT2D eigenvalue weighted by Crippen LogP contribution is -1.93. The molecule has 2 heterocycles. The van der Waals surface area contributed by atoms with Crippen molar-refractivity contribution in [1.29, 1.82) is 0 Å². The number of hydrogen-bond donors (Lipinski definition) is 0. The van der Waals surface area contributed by atoms with E-state index in [-0.39, 0.29) is 0 Å². The van der Waals surface area contributed by atoms with Gasteiger partial charge in [-0.15, -0.1) is 0 Å². The summed E-state index contributed by atoms with van der Waals surface area (Å²) in [6.07, 6.45) is 3.08. The molecular formula is C12H14BrClN2O. The van der Waals surface area contributed by atoms with Crippen LogP contribution in [0.4, 0.5) is 0 Å². The van der Waals surface area contributed by atoms with Gasteiger partial charge < -0.3 is 4.74 Å². The molecule has 0 atom stereocenters. The molecule has 0 bridgehead atoms. The summed E-state index contributed by atoms with van der Waals surface area (Å²) in [7, 11) is 1.72. The Hall–Kier alpha value is -0.580. The van der Waals surface area contributed by atoms with Crippen LogP contribution in [0, 0.1) is 0 Å². The summed E-state index contributed by atoms with van der Waals surface area (Å²) in [5.74, 6) is 0. The number of methoxy groups -OCH3 is 1. The lowest BCUT2D eigenvalue weighted by atomic mass is 10.2. The van der Waals surface area contributed by atoms with Gasteiger partial charge >= 0.3 is 0 Å². The van der Waals surface area contributed by atoms with Crippen molar-refractivity contribution in [2.24, 2.45) is 0 Å². The van der Waals surface area contributed by atoms with E-state index in [1.807, 2.05) is 22.7 Å². The van der Waals surface area contributed by atoms with Gasteiger partial charge in [-0.3, -0.25) is 0 Å². The predicted octanol–water partition coefficient (Wildman–Crippen LogP) is 3.72. The lowest BCUT2D eigenvalue weighted by molar-refractivity contribution is 0.193. The Morgan fingerprint density at radius 1 is 1.41 bits per heavy atom. The number of ether oxygens (including phenoxy) is 1. The third-order valence-corrected chi connectivity index (χ3v) is 3.53. The zero-order valence-corrected chi connectivity index (χ0v) is 12.0. The third-order valence-electron chi connectivity index (χ3n) is 2.61. The summed E-state index contributed by atoms with van der Waals surface area (Å²) in [6, 6.07) is 5.81. The van der Waals surface area contributed by atoms with Crippen molar-refractivity contribution in [2.75, 3.05) is 13.7 Å². The molecule has 5 heteroatoms. The van der Waals surface area contributed by atoms with E-state index in [0.717, 1.165) is 46.7 Å². The van der Waals surface area contributed by atoms with Gasteiger partial charge in [0, 0.05) is 13.7 Å². The van der Waals surface area contributed by atoms with Crippen LogP contribution in [0.25, 0.3) is 5.52 Å². The highest BCUT2D eigenvalue weighted by atomic mass is 79.9. The molecule has 2 aromatic rings. The number of pyridine rings is 1. The number of aromatic nitrogens is 2. The SMILES string of the molecule is COCCCCc1cc2c(Cl)ccc(Br)n2n1. The van der Waals surface area contributed by atoms with E-state index in [2.05, 4.69) is 21.0 Å². The molecular weight excluding hydrogens is 304 g/mol. The van der Waals surface area contributed by atoms with Gasteiger partial charge in [0.25, 0.3) is 0 Å². The van der Waals surface area contributed by atoms with E-state index in [1.165, 1.54) is 0 Å². The Bertz CT molecular complexity index is 473.